The average Bonchev–Trinajstić information content (AvgIpc) is 3.92. The molecule has 0 amide bonds. The van der Waals surface area contributed by atoms with Crippen molar-refractivity contribution < 1.29 is 0 Å². The van der Waals surface area contributed by atoms with Crippen LogP contribution in [-0.2, 0) is 0 Å². The van der Waals surface area contributed by atoms with E-state index in [9.17, 15) is 0 Å². The molecular weight excluding hydrogens is 669 g/mol. The number of benzene rings is 8. The molecule has 2 aromatic heterocycles. The minimum absolute atomic E-state index is 0.230. The quantitative estimate of drug-likeness (QED) is 0.171. The highest BCUT2D eigenvalue weighted by molar-refractivity contribution is 6.24. The number of hydrogen-bond donors (Lipinski definition) is 0. The predicted octanol–water partition coefficient (Wildman–Crippen LogP) is 12.8. The van der Waals surface area contributed by atoms with Gasteiger partial charge in [-0.3, -0.25) is 4.57 Å². The highest BCUT2D eigenvalue weighted by atomic mass is 15.2. The van der Waals surface area contributed by atoms with Gasteiger partial charge in [-0.2, -0.15) is 0 Å². The van der Waals surface area contributed by atoms with Crippen molar-refractivity contribution in [3.05, 3.63) is 200 Å². The average molecular weight is 703 g/mol. The van der Waals surface area contributed by atoms with Gasteiger partial charge in [-0.25, -0.2) is 4.98 Å². The van der Waals surface area contributed by atoms with E-state index >= 15 is 0 Å². The standard InChI is InChI=1S/C51H34N4/c1-3-16-33(17-4-1)51-52-49-41-26-9-7-22-37(41)38-23-8-10-27-42(38)50(49)55(51)36-21-15-20-35(30-36)54-46-29-14-12-25-40(46)44-31-47-43(32-48(44)54)39-24-11-13-28-45(39)53(47)34-18-5-2-6-19-34/h1-32,39,45H. The number of allylic oxidation sites excluding steroid dienone is 2. The molecule has 2 unspecified atom stereocenters. The van der Waals surface area contributed by atoms with Crippen LogP contribution < -0.4 is 4.90 Å². The largest absolute Gasteiger partial charge is 0.333 e. The van der Waals surface area contributed by atoms with E-state index in [2.05, 4.69) is 208 Å². The van der Waals surface area contributed by atoms with Crippen molar-refractivity contribution in [2.75, 3.05) is 4.90 Å². The summed E-state index contributed by atoms with van der Waals surface area (Å²) >= 11 is 0. The maximum atomic E-state index is 5.48. The maximum Gasteiger partial charge on any atom is 0.145 e. The molecule has 0 bridgehead atoms. The van der Waals surface area contributed by atoms with Crippen molar-refractivity contribution in [3.8, 4) is 22.8 Å². The molecule has 1 aliphatic carbocycles. The molecule has 0 spiro atoms. The molecule has 4 heteroatoms. The second-order valence-electron chi connectivity index (χ2n) is 14.7. The van der Waals surface area contributed by atoms with E-state index in [1.165, 1.54) is 54.9 Å². The zero-order chi connectivity index (χ0) is 36.0. The van der Waals surface area contributed by atoms with Crippen LogP contribution in [0.2, 0.25) is 0 Å². The predicted molar refractivity (Wildman–Crippen MR) is 229 cm³/mol. The van der Waals surface area contributed by atoms with Crippen molar-refractivity contribution >= 4 is 65.8 Å². The minimum Gasteiger partial charge on any atom is -0.333 e. The highest BCUT2D eigenvalue weighted by Crippen LogP contribution is 2.50. The summed E-state index contributed by atoms with van der Waals surface area (Å²) in [6.07, 6.45) is 9.12. The van der Waals surface area contributed by atoms with Gasteiger partial charge in [0.2, 0.25) is 0 Å². The van der Waals surface area contributed by atoms with E-state index in [4.69, 9.17) is 4.98 Å². The zero-order valence-corrected chi connectivity index (χ0v) is 29.9. The van der Waals surface area contributed by atoms with E-state index in [0.29, 0.717) is 0 Å². The Balaban J connectivity index is 1.13. The third-order valence-electron chi connectivity index (χ3n) is 11.8. The van der Waals surface area contributed by atoms with Crippen LogP contribution in [0.4, 0.5) is 11.4 Å². The number of imidazole rings is 1. The molecule has 0 fully saturated rings. The molecule has 0 N–H and O–H groups in total. The molecule has 2 atom stereocenters. The summed E-state index contributed by atoms with van der Waals surface area (Å²) in [6, 6.07) is 61.9. The normalized spacial score (nSPS) is 16.2. The minimum atomic E-state index is 0.230. The summed E-state index contributed by atoms with van der Waals surface area (Å²) < 4.78 is 4.85. The number of rotatable bonds is 4. The summed E-state index contributed by atoms with van der Waals surface area (Å²) in [7, 11) is 0. The van der Waals surface area contributed by atoms with Gasteiger partial charge in [-0.15, -0.1) is 0 Å². The summed E-state index contributed by atoms with van der Waals surface area (Å²) in [5.74, 6) is 1.19. The van der Waals surface area contributed by atoms with E-state index in [1.807, 2.05) is 0 Å². The van der Waals surface area contributed by atoms with E-state index in [0.717, 1.165) is 39.2 Å². The first kappa shape index (κ1) is 30.3. The van der Waals surface area contributed by atoms with Gasteiger partial charge in [-0.1, -0.05) is 146 Å². The Kier molecular flexibility index (Phi) is 6.43. The third kappa shape index (κ3) is 4.37. The molecule has 0 saturated heterocycles. The Morgan fingerprint density at radius 3 is 1.85 bits per heavy atom. The molecule has 2 aliphatic rings. The van der Waals surface area contributed by atoms with Crippen LogP contribution in [0.25, 0.3) is 77.1 Å². The van der Waals surface area contributed by atoms with Crippen molar-refractivity contribution in [1.82, 2.24) is 14.1 Å². The molecule has 3 heterocycles. The lowest BCUT2D eigenvalue weighted by Crippen LogP contribution is -2.28. The van der Waals surface area contributed by atoms with Gasteiger partial charge in [0.25, 0.3) is 0 Å². The Labute approximate surface area is 318 Å². The van der Waals surface area contributed by atoms with Gasteiger partial charge in [0.1, 0.15) is 5.82 Å². The van der Waals surface area contributed by atoms with Crippen LogP contribution in [0.5, 0.6) is 0 Å². The number of nitrogens with zero attached hydrogens (tertiary/aromatic N) is 4. The molecule has 55 heavy (non-hydrogen) atoms. The Morgan fingerprint density at radius 1 is 0.436 bits per heavy atom. The van der Waals surface area contributed by atoms with Crippen LogP contribution in [0, 0.1) is 0 Å². The number of aromatic nitrogens is 3. The number of hydrogen-bond acceptors (Lipinski definition) is 2. The fraction of sp³-hybridized carbons (Fsp3) is 0.0392. The van der Waals surface area contributed by atoms with E-state index in [-0.39, 0.29) is 12.0 Å². The van der Waals surface area contributed by atoms with Gasteiger partial charge in [-0.05, 0) is 64.9 Å². The molecule has 10 aromatic rings. The third-order valence-corrected chi connectivity index (χ3v) is 11.8. The first-order valence-corrected chi connectivity index (χ1v) is 19.1. The first-order valence-electron chi connectivity index (χ1n) is 19.1. The molecule has 0 radical (unpaired) electrons. The lowest BCUT2D eigenvalue weighted by molar-refractivity contribution is 0.745. The van der Waals surface area contributed by atoms with Crippen molar-refractivity contribution in [2.24, 2.45) is 0 Å². The summed E-state index contributed by atoms with van der Waals surface area (Å²) in [6.45, 7) is 0. The SMILES string of the molecule is C1=CC2c3cc4c(cc3N(c3ccccc3)C2C=C1)c1ccccc1n4-c1cccc(-n2c(-c3ccccc3)nc3c4ccccc4c4ccccc4c32)c1. The molecular formula is C51H34N4. The lowest BCUT2D eigenvalue weighted by Gasteiger charge is -2.28. The van der Waals surface area contributed by atoms with Gasteiger partial charge in [0.05, 0.1) is 28.1 Å². The van der Waals surface area contributed by atoms with E-state index in [1.54, 1.807) is 0 Å². The first-order chi connectivity index (χ1) is 27.3. The fourth-order valence-electron chi connectivity index (χ4n) is 9.47. The van der Waals surface area contributed by atoms with Gasteiger partial charge in [0.15, 0.2) is 0 Å². The van der Waals surface area contributed by atoms with Crippen LogP contribution >= 0.6 is 0 Å². The smallest absolute Gasteiger partial charge is 0.145 e. The van der Waals surface area contributed by atoms with Crippen LogP contribution in [0.1, 0.15) is 11.5 Å². The molecule has 8 aromatic carbocycles. The van der Waals surface area contributed by atoms with Crippen LogP contribution in [-0.4, -0.2) is 20.2 Å². The van der Waals surface area contributed by atoms with Gasteiger partial charge < -0.3 is 9.47 Å². The van der Waals surface area contributed by atoms with Crippen molar-refractivity contribution in [1.29, 1.82) is 0 Å². The Bertz CT molecular complexity index is 3220. The van der Waals surface area contributed by atoms with E-state index < -0.39 is 0 Å². The summed E-state index contributed by atoms with van der Waals surface area (Å²) in [5, 5.41) is 7.30. The molecule has 1 aliphatic heterocycles. The second-order valence-corrected chi connectivity index (χ2v) is 14.7. The van der Waals surface area contributed by atoms with Crippen molar-refractivity contribution in [3.63, 3.8) is 0 Å². The van der Waals surface area contributed by atoms with Crippen LogP contribution in [0.15, 0.2) is 194 Å². The van der Waals surface area contributed by atoms with Gasteiger partial charge in [0, 0.05) is 55.8 Å². The molecule has 12 rings (SSSR count). The number of anilines is 2. The summed E-state index contributed by atoms with van der Waals surface area (Å²) in [5.41, 5.74) is 11.6. The molecule has 258 valence electrons. The maximum absolute atomic E-state index is 5.48. The number of fused-ring (bicyclic) bond motifs is 12. The second kappa shape index (κ2) is 11.7. The molecule has 4 nitrogen and oxygen atoms in total. The Hall–Kier alpha value is -7.17. The zero-order valence-electron chi connectivity index (χ0n) is 29.9. The summed E-state index contributed by atoms with van der Waals surface area (Å²) in [4.78, 5) is 8.00. The highest BCUT2D eigenvalue weighted by Gasteiger charge is 2.38. The fourth-order valence-corrected chi connectivity index (χ4v) is 9.47. The number of para-hydroxylation sites is 2. The lowest BCUT2D eigenvalue weighted by atomic mass is 9.91. The Morgan fingerprint density at radius 2 is 1.05 bits per heavy atom. The van der Waals surface area contributed by atoms with Gasteiger partial charge >= 0.3 is 0 Å². The van der Waals surface area contributed by atoms with Crippen molar-refractivity contribution in [2.45, 2.75) is 12.0 Å². The monoisotopic (exact) mass is 702 g/mol. The van der Waals surface area contributed by atoms with Crippen LogP contribution in [0.3, 0.4) is 0 Å². The molecule has 0 saturated carbocycles. The topological polar surface area (TPSA) is 26.0 Å².